The lowest BCUT2D eigenvalue weighted by atomic mass is 10.0. The van der Waals surface area contributed by atoms with Crippen molar-refractivity contribution in [2.45, 2.75) is 26.1 Å². The van der Waals surface area contributed by atoms with Gasteiger partial charge < -0.3 is 4.74 Å². The van der Waals surface area contributed by atoms with Crippen molar-refractivity contribution in [3.63, 3.8) is 0 Å². The summed E-state index contributed by atoms with van der Waals surface area (Å²) in [5.41, 5.74) is -2.28. The summed E-state index contributed by atoms with van der Waals surface area (Å²) in [7, 11) is 0. The molecule has 1 atom stereocenters. The van der Waals surface area contributed by atoms with Gasteiger partial charge in [-0.3, -0.25) is 9.20 Å². The molecule has 0 aliphatic carbocycles. The maximum Gasteiger partial charge on any atom is 0.434 e. The summed E-state index contributed by atoms with van der Waals surface area (Å²) in [6, 6.07) is 8.82. The van der Waals surface area contributed by atoms with E-state index in [-0.39, 0.29) is 11.3 Å². The largest absolute Gasteiger partial charge is 0.476 e. The molecular formula is C18H13F3N4O2. The summed E-state index contributed by atoms with van der Waals surface area (Å²) in [6.07, 6.45) is -4.22. The van der Waals surface area contributed by atoms with Gasteiger partial charge in [-0.15, -0.1) is 0 Å². The molecule has 0 aliphatic heterocycles. The van der Waals surface area contributed by atoms with Gasteiger partial charge >= 0.3 is 6.18 Å². The lowest BCUT2D eigenvalue weighted by Crippen LogP contribution is -2.24. The van der Waals surface area contributed by atoms with Gasteiger partial charge in [0.25, 0.3) is 5.56 Å². The van der Waals surface area contributed by atoms with Crippen LogP contribution in [-0.2, 0) is 6.18 Å². The maximum atomic E-state index is 13.5. The number of alkyl halides is 3. The number of ether oxygens (including phenoxy) is 1. The molecule has 138 valence electrons. The molecular weight excluding hydrogens is 361 g/mol. The van der Waals surface area contributed by atoms with E-state index < -0.39 is 29.1 Å². The first-order chi connectivity index (χ1) is 12.7. The summed E-state index contributed by atoms with van der Waals surface area (Å²) >= 11 is 0. The predicted molar refractivity (Wildman–Crippen MR) is 90.1 cm³/mol. The molecule has 9 heteroatoms. The number of nitrogens with zero attached hydrogens (tertiary/aromatic N) is 4. The summed E-state index contributed by atoms with van der Waals surface area (Å²) in [6.45, 7) is 3.12. The zero-order chi connectivity index (χ0) is 19.8. The molecule has 2 heterocycles. The van der Waals surface area contributed by atoms with E-state index in [4.69, 9.17) is 10.00 Å². The van der Waals surface area contributed by atoms with Crippen LogP contribution in [0.2, 0.25) is 0 Å². The number of aromatic nitrogens is 3. The molecule has 0 spiro atoms. The third kappa shape index (κ3) is 3.60. The number of halogens is 3. The minimum Gasteiger partial charge on any atom is -0.476 e. The number of fused-ring (bicyclic) bond motifs is 1. The quantitative estimate of drug-likeness (QED) is 0.702. The molecule has 0 N–H and O–H groups in total. The van der Waals surface area contributed by atoms with Gasteiger partial charge in [0.15, 0.2) is 11.8 Å². The van der Waals surface area contributed by atoms with Crippen LogP contribution in [0.1, 0.15) is 18.3 Å². The molecule has 0 amide bonds. The van der Waals surface area contributed by atoms with Gasteiger partial charge in [0, 0.05) is 11.9 Å². The fourth-order valence-electron chi connectivity index (χ4n) is 2.51. The van der Waals surface area contributed by atoms with Gasteiger partial charge in [0.1, 0.15) is 11.8 Å². The van der Waals surface area contributed by atoms with Gasteiger partial charge in [0.05, 0.1) is 5.56 Å². The lowest BCUT2D eigenvalue weighted by molar-refractivity contribution is -0.140. The molecule has 27 heavy (non-hydrogen) atoms. The first-order valence-corrected chi connectivity index (χ1v) is 7.84. The first-order valence-electron chi connectivity index (χ1n) is 7.84. The Morgan fingerprint density at radius 3 is 2.44 bits per heavy atom. The van der Waals surface area contributed by atoms with E-state index in [1.165, 1.54) is 43.5 Å². The number of hydrogen-bond acceptors (Lipinski definition) is 5. The maximum absolute atomic E-state index is 13.5. The van der Waals surface area contributed by atoms with Crippen LogP contribution in [0.25, 0.3) is 16.9 Å². The van der Waals surface area contributed by atoms with Crippen molar-refractivity contribution in [2.24, 2.45) is 0 Å². The van der Waals surface area contributed by atoms with Gasteiger partial charge in [-0.25, -0.2) is 9.97 Å². The topological polar surface area (TPSA) is 80.3 Å². The highest BCUT2D eigenvalue weighted by Gasteiger charge is 2.38. The Morgan fingerprint density at radius 1 is 1.19 bits per heavy atom. The van der Waals surface area contributed by atoms with Crippen LogP contribution in [0.3, 0.4) is 0 Å². The second-order valence-electron chi connectivity index (χ2n) is 5.79. The van der Waals surface area contributed by atoms with E-state index >= 15 is 0 Å². The monoisotopic (exact) mass is 374 g/mol. The Kier molecular flexibility index (Phi) is 4.57. The molecule has 0 unspecified atom stereocenters. The van der Waals surface area contributed by atoms with E-state index in [9.17, 15) is 18.0 Å². The zero-order valence-electron chi connectivity index (χ0n) is 14.3. The third-order valence-corrected chi connectivity index (χ3v) is 3.74. The van der Waals surface area contributed by atoms with Crippen molar-refractivity contribution < 1.29 is 17.9 Å². The van der Waals surface area contributed by atoms with E-state index in [1.54, 1.807) is 6.92 Å². The molecule has 0 saturated carbocycles. The van der Waals surface area contributed by atoms with Crippen LogP contribution in [0.15, 0.2) is 41.3 Å². The van der Waals surface area contributed by atoms with E-state index in [0.717, 1.165) is 4.40 Å². The van der Waals surface area contributed by atoms with Crippen LogP contribution in [0, 0.1) is 18.3 Å². The Labute approximate surface area is 151 Å². The van der Waals surface area contributed by atoms with Gasteiger partial charge in [-0.1, -0.05) is 12.1 Å². The average Bonchev–Trinajstić information content (AvgIpc) is 2.61. The molecule has 0 bridgehead atoms. The van der Waals surface area contributed by atoms with Crippen molar-refractivity contribution in [3.05, 3.63) is 58.3 Å². The Morgan fingerprint density at radius 2 is 1.85 bits per heavy atom. The van der Waals surface area contributed by atoms with E-state index in [0.29, 0.717) is 11.4 Å². The second kappa shape index (κ2) is 6.72. The average molecular weight is 374 g/mol. The summed E-state index contributed by atoms with van der Waals surface area (Å²) in [5, 5.41) is 8.75. The standard InChI is InChI=1S/C18H13F3N4O2/c1-10-7-8-25-16(26)14(15(18(19,20)21)24-17(25)23-10)12-3-5-13(6-4-12)27-11(2)9-22/h3-8,11H,1-2H3/t11-/m1/s1. The molecule has 2 aromatic heterocycles. The van der Waals surface area contributed by atoms with Crippen LogP contribution in [0.5, 0.6) is 5.75 Å². The van der Waals surface area contributed by atoms with Crippen molar-refractivity contribution in [1.82, 2.24) is 14.4 Å². The van der Waals surface area contributed by atoms with Crippen molar-refractivity contribution in [1.29, 1.82) is 5.26 Å². The molecule has 3 aromatic rings. The van der Waals surface area contributed by atoms with E-state index in [2.05, 4.69) is 9.97 Å². The Hall–Kier alpha value is -3.41. The minimum absolute atomic E-state index is 0.0340. The summed E-state index contributed by atoms with van der Waals surface area (Å²) in [5.74, 6) is -0.0219. The van der Waals surface area contributed by atoms with E-state index in [1.807, 2.05) is 6.07 Å². The molecule has 0 fully saturated rings. The number of rotatable bonds is 3. The molecule has 0 aliphatic rings. The molecule has 0 saturated heterocycles. The second-order valence-corrected chi connectivity index (χ2v) is 5.79. The van der Waals surface area contributed by atoms with Crippen molar-refractivity contribution >= 4 is 5.78 Å². The lowest BCUT2D eigenvalue weighted by Gasteiger charge is -2.14. The summed E-state index contributed by atoms with van der Waals surface area (Å²) < 4.78 is 46.9. The summed E-state index contributed by atoms with van der Waals surface area (Å²) in [4.78, 5) is 20.2. The van der Waals surface area contributed by atoms with Gasteiger partial charge in [0.2, 0.25) is 5.78 Å². The first kappa shape index (κ1) is 18.4. The predicted octanol–water partition coefficient (Wildman–Crippen LogP) is 3.37. The normalized spacial score (nSPS) is 12.6. The van der Waals surface area contributed by atoms with Crippen LogP contribution in [-0.4, -0.2) is 20.5 Å². The fraction of sp³-hybridized carbons (Fsp3) is 0.222. The molecule has 1 aromatic carbocycles. The number of aryl methyl sites for hydroxylation is 1. The molecule has 3 rings (SSSR count). The third-order valence-electron chi connectivity index (χ3n) is 3.74. The van der Waals surface area contributed by atoms with Crippen LogP contribution >= 0.6 is 0 Å². The highest BCUT2D eigenvalue weighted by atomic mass is 19.4. The highest BCUT2D eigenvalue weighted by molar-refractivity contribution is 5.67. The zero-order valence-corrected chi connectivity index (χ0v) is 14.3. The van der Waals surface area contributed by atoms with Gasteiger partial charge in [-0.2, -0.15) is 18.4 Å². The minimum atomic E-state index is -4.83. The Bertz CT molecular complexity index is 1100. The van der Waals surface area contributed by atoms with Gasteiger partial charge in [-0.05, 0) is 37.6 Å². The van der Waals surface area contributed by atoms with Crippen LogP contribution < -0.4 is 10.3 Å². The van der Waals surface area contributed by atoms with Crippen LogP contribution in [0.4, 0.5) is 13.2 Å². The molecule has 6 nitrogen and oxygen atoms in total. The number of benzene rings is 1. The highest BCUT2D eigenvalue weighted by Crippen LogP contribution is 2.34. The smallest absolute Gasteiger partial charge is 0.434 e. The molecule has 0 radical (unpaired) electrons. The Balaban J connectivity index is 2.21. The number of nitriles is 1. The number of hydrogen-bond donors (Lipinski definition) is 0. The fourth-order valence-corrected chi connectivity index (χ4v) is 2.51. The van der Waals surface area contributed by atoms with Crippen molar-refractivity contribution in [3.8, 4) is 22.9 Å². The van der Waals surface area contributed by atoms with Crippen molar-refractivity contribution in [2.75, 3.05) is 0 Å². The SMILES string of the molecule is Cc1ccn2c(=O)c(-c3ccc(O[C@H](C)C#N)cc3)c(C(F)(F)F)nc2n1.